The lowest BCUT2D eigenvalue weighted by molar-refractivity contribution is -0.141. The summed E-state index contributed by atoms with van der Waals surface area (Å²) in [6.07, 6.45) is 5.40. The van der Waals surface area contributed by atoms with Crippen molar-refractivity contribution in [3.05, 3.63) is 96.1 Å². The van der Waals surface area contributed by atoms with Gasteiger partial charge in [-0.3, -0.25) is 9.59 Å². The Morgan fingerprint density at radius 3 is 2.28 bits per heavy atom. The lowest BCUT2D eigenvalue weighted by Gasteiger charge is -2.31. The quantitative estimate of drug-likeness (QED) is 0.395. The van der Waals surface area contributed by atoms with E-state index in [1.54, 1.807) is 22.9 Å². The van der Waals surface area contributed by atoms with E-state index >= 15 is 0 Å². The summed E-state index contributed by atoms with van der Waals surface area (Å²) < 4.78 is 0. The third-order valence-electron chi connectivity index (χ3n) is 6.86. The topological polar surface area (TPSA) is 52.7 Å². The molecule has 0 fully saturated rings. The van der Waals surface area contributed by atoms with Crippen LogP contribution >= 0.6 is 0 Å². The summed E-state index contributed by atoms with van der Waals surface area (Å²) in [5.41, 5.74) is 2.11. The van der Waals surface area contributed by atoms with Crippen LogP contribution in [0.25, 0.3) is 10.8 Å². The fraction of sp³-hybridized carbons (Fsp3) is 0.355. The largest absolute Gasteiger partial charge is 0.344 e. The van der Waals surface area contributed by atoms with Gasteiger partial charge in [0.1, 0.15) is 6.04 Å². The molecule has 0 unspecified atom stereocenters. The number of likely N-dealkylation sites (N-methyl/N-ethyl adjacent to an activating group) is 2. The van der Waals surface area contributed by atoms with E-state index < -0.39 is 6.04 Å². The van der Waals surface area contributed by atoms with E-state index in [4.69, 9.17) is 0 Å². The standard InChI is InChI=1S/C31H39N3O2/c1-31(2,32-3)20-11-16-29(35)34(5)28(23-25-17-18-26-14-9-10-15-27(26)22-25)30(36)33(4)21-19-24-12-7-6-8-13-24/h6-18,22,28,32H,19-21,23H2,1-5H3/t28-/m1/s1. The van der Waals surface area contributed by atoms with Gasteiger partial charge < -0.3 is 15.1 Å². The maximum absolute atomic E-state index is 13.7. The molecule has 3 aromatic rings. The fourth-order valence-corrected chi connectivity index (χ4v) is 4.11. The first-order chi connectivity index (χ1) is 17.2. The number of amides is 2. The molecule has 3 aromatic carbocycles. The number of nitrogens with zero attached hydrogens (tertiary/aromatic N) is 2. The van der Waals surface area contributed by atoms with Crippen LogP contribution in [0.15, 0.2) is 84.9 Å². The molecule has 1 N–H and O–H groups in total. The molecular formula is C31H39N3O2. The second kappa shape index (κ2) is 12.5. The number of nitrogens with one attached hydrogen (secondary N) is 1. The number of carbonyl (C=O) groups excluding carboxylic acids is 2. The molecule has 0 heterocycles. The summed E-state index contributed by atoms with van der Waals surface area (Å²) >= 11 is 0. The Morgan fingerprint density at radius 2 is 1.58 bits per heavy atom. The van der Waals surface area contributed by atoms with Crippen molar-refractivity contribution in [3.63, 3.8) is 0 Å². The molecule has 3 rings (SSSR count). The molecule has 0 saturated carbocycles. The minimum absolute atomic E-state index is 0.0566. The Labute approximate surface area is 215 Å². The van der Waals surface area contributed by atoms with Gasteiger partial charge in [0.2, 0.25) is 11.8 Å². The lowest BCUT2D eigenvalue weighted by Crippen LogP contribution is -2.49. The van der Waals surface area contributed by atoms with Crippen molar-refractivity contribution >= 4 is 22.6 Å². The van der Waals surface area contributed by atoms with Gasteiger partial charge in [-0.15, -0.1) is 0 Å². The molecule has 5 nitrogen and oxygen atoms in total. The van der Waals surface area contributed by atoms with Crippen LogP contribution in [0.4, 0.5) is 0 Å². The molecule has 190 valence electrons. The van der Waals surface area contributed by atoms with Crippen LogP contribution < -0.4 is 5.32 Å². The first kappa shape index (κ1) is 27.2. The zero-order chi connectivity index (χ0) is 26.1. The monoisotopic (exact) mass is 485 g/mol. The Bertz CT molecular complexity index is 1190. The number of benzene rings is 3. The van der Waals surface area contributed by atoms with E-state index in [0.717, 1.165) is 22.8 Å². The van der Waals surface area contributed by atoms with Crippen LogP contribution in [-0.4, -0.2) is 60.9 Å². The summed E-state index contributed by atoms with van der Waals surface area (Å²) in [4.78, 5) is 30.1. The molecule has 0 radical (unpaired) electrons. The van der Waals surface area contributed by atoms with Crippen molar-refractivity contribution < 1.29 is 9.59 Å². The Balaban J connectivity index is 1.79. The highest BCUT2D eigenvalue weighted by Gasteiger charge is 2.29. The van der Waals surface area contributed by atoms with E-state index in [9.17, 15) is 9.59 Å². The molecule has 0 aliphatic heterocycles. The third-order valence-corrected chi connectivity index (χ3v) is 6.86. The smallest absolute Gasteiger partial charge is 0.246 e. The van der Waals surface area contributed by atoms with Crippen molar-refractivity contribution in [1.82, 2.24) is 15.1 Å². The zero-order valence-electron chi connectivity index (χ0n) is 22.2. The number of rotatable bonds is 11. The second-order valence-corrected chi connectivity index (χ2v) is 10.1. The fourth-order valence-electron chi connectivity index (χ4n) is 4.11. The van der Waals surface area contributed by atoms with E-state index in [-0.39, 0.29) is 17.4 Å². The van der Waals surface area contributed by atoms with Crippen molar-refractivity contribution in [2.75, 3.05) is 27.7 Å². The average molecular weight is 486 g/mol. The van der Waals surface area contributed by atoms with Gasteiger partial charge in [-0.05, 0) is 61.7 Å². The summed E-state index contributed by atoms with van der Waals surface area (Å²) in [6.45, 7) is 4.75. The van der Waals surface area contributed by atoms with Gasteiger partial charge in [0.15, 0.2) is 0 Å². The van der Waals surface area contributed by atoms with Crippen molar-refractivity contribution in [2.24, 2.45) is 0 Å². The van der Waals surface area contributed by atoms with Crippen LogP contribution in [0.5, 0.6) is 0 Å². The van der Waals surface area contributed by atoms with Gasteiger partial charge in [0.25, 0.3) is 0 Å². The molecule has 1 atom stereocenters. The summed E-state index contributed by atoms with van der Waals surface area (Å²) in [6, 6.07) is 24.0. The normalized spacial score (nSPS) is 12.6. The first-order valence-electron chi connectivity index (χ1n) is 12.6. The third kappa shape index (κ3) is 7.53. The van der Waals surface area contributed by atoms with Gasteiger partial charge >= 0.3 is 0 Å². The summed E-state index contributed by atoms with van der Waals surface area (Å²) in [7, 11) is 5.46. The molecule has 0 aromatic heterocycles. The lowest BCUT2D eigenvalue weighted by atomic mass is 9.99. The maximum atomic E-state index is 13.7. The Morgan fingerprint density at radius 1 is 0.917 bits per heavy atom. The maximum Gasteiger partial charge on any atom is 0.246 e. The molecule has 2 amide bonds. The van der Waals surface area contributed by atoms with Gasteiger partial charge in [-0.25, -0.2) is 0 Å². The predicted octanol–water partition coefficient (Wildman–Crippen LogP) is 4.85. The Kier molecular flexibility index (Phi) is 9.43. The number of carbonyl (C=O) groups is 2. The van der Waals surface area contributed by atoms with Crippen LogP contribution in [0.2, 0.25) is 0 Å². The van der Waals surface area contributed by atoms with Crippen LogP contribution in [0.3, 0.4) is 0 Å². The number of hydrogen-bond donors (Lipinski definition) is 1. The van der Waals surface area contributed by atoms with E-state index in [2.05, 4.69) is 61.6 Å². The highest BCUT2D eigenvalue weighted by atomic mass is 16.2. The minimum Gasteiger partial charge on any atom is -0.344 e. The van der Waals surface area contributed by atoms with Crippen LogP contribution in [-0.2, 0) is 22.4 Å². The Hall–Kier alpha value is -3.44. The molecule has 36 heavy (non-hydrogen) atoms. The van der Waals surface area contributed by atoms with Gasteiger partial charge in [0.05, 0.1) is 0 Å². The molecule has 0 bridgehead atoms. The zero-order valence-corrected chi connectivity index (χ0v) is 22.2. The van der Waals surface area contributed by atoms with Crippen LogP contribution in [0, 0.1) is 0 Å². The number of hydrogen-bond acceptors (Lipinski definition) is 3. The summed E-state index contributed by atoms with van der Waals surface area (Å²) in [5, 5.41) is 5.52. The molecule has 0 spiro atoms. The van der Waals surface area contributed by atoms with Crippen LogP contribution in [0.1, 0.15) is 31.4 Å². The van der Waals surface area contributed by atoms with Crippen molar-refractivity contribution in [3.8, 4) is 0 Å². The summed E-state index contributed by atoms with van der Waals surface area (Å²) in [5.74, 6) is -0.226. The van der Waals surface area contributed by atoms with Gasteiger partial charge in [-0.1, -0.05) is 78.9 Å². The molecule has 0 aliphatic rings. The van der Waals surface area contributed by atoms with E-state index in [1.165, 1.54) is 5.56 Å². The molecule has 5 heteroatoms. The van der Waals surface area contributed by atoms with Crippen molar-refractivity contribution in [1.29, 1.82) is 0 Å². The number of fused-ring (bicyclic) bond motifs is 1. The molecule has 0 saturated heterocycles. The SMILES string of the molecule is CNC(C)(C)CC=CC(=O)N(C)[C@H](Cc1ccc2ccccc2c1)C(=O)N(C)CCc1ccccc1. The average Bonchev–Trinajstić information content (AvgIpc) is 2.89. The highest BCUT2D eigenvalue weighted by Crippen LogP contribution is 2.19. The minimum atomic E-state index is -0.596. The highest BCUT2D eigenvalue weighted by molar-refractivity contribution is 5.93. The molecule has 0 aliphatic carbocycles. The second-order valence-electron chi connectivity index (χ2n) is 10.1. The van der Waals surface area contributed by atoms with Gasteiger partial charge in [-0.2, -0.15) is 0 Å². The van der Waals surface area contributed by atoms with Crippen molar-refractivity contribution in [2.45, 2.75) is 44.7 Å². The first-order valence-corrected chi connectivity index (χ1v) is 12.6. The molecular weight excluding hydrogens is 446 g/mol. The predicted molar refractivity (Wildman–Crippen MR) is 149 cm³/mol. The van der Waals surface area contributed by atoms with E-state index in [1.807, 2.05) is 50.5 Å². The van der Waals surface area contributed by atoms with Gasteiger partial charge in [0, 0.05) is 32.6 Å². The van der Waals surface area contributed by atoms with E-state index in [0.29, 0.717) is 19.4 Å².